The summed E-state index contributed by atoms with van der Waals surface area (Å²) in [5, 5.41) is 0. The number of nitrogens with two attached hydrogens (primary N) is 1. The van der Waals surface area contributed by atoms with Crippen molar-refractivity contribution in [2.24, 2.45) is 5.73 Å². The monoisotopic (exact) mass is 221 g/mol. The Morgan fingerprint density at radius 2 is 2.00 bits per heavy atom. The van der Waals surface area contributed by atoms with Crippen molar-refractivity contribution in [3.63, 3.8) is 0 Å². The summed E-state index contributed by atoms with van der Waals surface area (Å²) in [4.78, 5) is 0. The van der Waals surface area contributed by atoms with E-state index in [2.05, 4.69) is 19.1 Å². The molecule has 0 radical (unpaired) electrons. The Kier molecular flexibility index (Phi) is 5.94. The third-order valence-corrected chi connectivity index (χ3v) is 2.66. The number of hydrogen-bond donors (Lipinski definition) is 1. The zero-order chi connectivity index (χ0) is 11.8. The molecule has 90 valence electrons. The first-order valence-electron chi connectivity index (χ1n) is 6.20. The summed E-state index contributed by atoms with van der Waals surface area (Å²) >= 11 is 0. The smallest absolute Gasteiger partial charge is 0.122 e. The Morgan fingerprint density at radius 3 is 2.69 bits per heavy atom. The van der Waals surface area contributed by atoms with Crippen molar-refractivity contribution >= 4 is 0 Å². The molecule has 2 nitrogen and oxygen atoms in total. The van der Waals surface area contributed by atoms with Crippen LogP contribution in [0.3, 0.4) is 0 Å². The highest BCUT2D eigenvalue weighted by atomic mass is 16.5. The molecular weight excluding hydrogens is 198 g/mol. The molecule has 0 aliphatic rings. The van der Waals surface area contributed by atoms with Crippen molar-refractivity contribution in [2.75, 3.05) is 6.61 Å². The van der Waals surface area contributed by atoms with Crippen LogP contribution in [0.5, 0.6) is 5.75 Å². The maximum absolute atomic E-state index is 5.77. The van der Waals surface area contributed by atoms with E-state index in [1.54, 1.807) is 0 Å². The van der Waals surface area contributed by atoms with Crippen LogP contribution in [-0.4, -0.2) is 12.6 Å². The minimum atomic E-state index is 0.308. The van der Waals surface area contributed by atoms with Gasteiger partial charge in [0.15, 0.2) is 0 Å². The third-order valence-electron chi connectivity index (χ3n) is 2.66. The molecule has 2 heteroatoms. The Morgan fingerprint density at radius 1 is 1.25 bits per heavy atom. The molecule has 0 bridgehead atoms. The molecule has 0 spiro atoms. The quantitative estimate of drug-likeness (QED) is 0.718. The largest absolute Gasteiger partial charge is 0.493 e. The van der Waals surface area contributed by atoms with E-state index in [0.717, 1.165) is 38.0 Å². The van der Waals surface area contributed by atoms with Crippen LogP contribution in [0.2, 0.25) is 0 Å². The number of para-hydroxylation sites is 1. The minimum absolute atomic E-state index is 0.308. The average molecular weight is 221 g/mol. The summed E-state index contributed by atoms with van der Waals surface area (Å²) in [7, 11) is 0. The van der Waals surface area contributed by atoms with Gasteiger partial charge in [-0.15, -0.1) is 0 Å². The first-order valence-corrected chi connectivity index (χ1v) is 6.20. The molecule has 0 heterocycles. The molecular formula is C14H23NO. The highest BCUT2D eigenvalue weighted by molar-refractivity contribution is 5.33. The Bertz CT molecular complexity index is 297. The summed E-state index contributed by atoms with van der Waals surface area (Å²) in [6.07, 6.45) is 4.33. The van der Waals surface area contributed by atoms with Crippen molar-refractivity contribution < 1.29 is 4.74 Å². The number of benzene rings is 1. The van der Waals surface area contributed by atoms with Gasteiger partial charge in [0.2, 0.25) is 0 Å². The van der Waals surface area contributed by atoms with Gasteiger partial charge in [0.05, 0.1) is 6.61 Å². The minimum Gasteiger partial charge on any atom is -0.493 e. The third kappa shape index (κ3) is 4.67. The van der Waals surface area contributed by atoms with E-state index in [4.69, 9.17) is 10.5 Å². The summed E-state index contributed by atoms with van der Waals surface area (Å²) in [6.45, 7) is 5.00. The molecule has 16 heavy (non-hydrogen) atoms. The van der Waals surface area contributed by atoms with Crippen LogP contribution in [0.15, 0.2) is 24.3 Å². The Hall–Kier alpha value is -1.02. The van der Waals surface area contributed by atoms with Gasteiger partial charge in [0, 0.05) is 6.04 Å². The van der Waals surface area contributed by atoms with Crippen molar-refractivity contribution in [3.05, 3.63) is 29.8 Å². The summed E-state index contributed by atoms with van der Waals surface area (Å²) < 4.78 is 5.77. The van der Waals surface area contributed by atoms with Crippen LogP contribution in [0.4, 0.5) is 0 Å². The van der Waals surface area contributed by atoms with Gasteiger partial charge in [0.1, 0.15) is 5.75 Å². The first-order chi connectivity index (χ1) is 7.74. The molecule has 0 saturated heterocycles. The highest BCUT2D eigenvalue weighted by Gasteiger charge is 2.00. The molecule has 0 aliphatic heterocycles. The predicted octanol–water partition coefficient (Wildman–Crippen LogP) is 3.15. The molecule has 0 fully saturated rings. The zero-order valence-electron chi connectivity index (χ0n) is 10.4. The van der Waals surface area contributed by atoms with Gasteiger partial charge < -0.3 is 10.5 Å². The number of aryl methyl sites for hydroxylation is 1. The van der Waals surface area contributed by atoms with Crippen LogP contribution in [0.25, 0.3) is 0 Å². The fourth-order valence-corrected chi connectivity index (χ4v) is 1.69. The van der Waals surface area contributed by atoms with Crippen LogP contribution in [0.1, 0.15) is 38.7 Å². The number of rotatable bonds is 7. The second-order valence-corrected chi connectivity index (χ2v) is 4.28. The van der Waals surface area contributed by atoms with E-state index in [-0.39, 0.29) is 0 Å². The Balaban J connectivity index is 2.26. The maximum Gasteiger partial charge on any atom is 0.122 e. The second-order valence-electron chi connectivity index (χ2n) is 4.28. The lowest BCUT2D eigenvalue weighted by molar-refractivity contribution is 0.301. The van der Waals surface area contributed by atoms with Crippen LogP contribution < -0.4 is 10.5 Å². The lowest BCUT2D eigenvalue weighted by Gasteiger charge is -2.10. The van der Waals surface area contributed by atoms with Crippen LogP contribution >= 0.6 is 0 Å². The van der Waals surface area contributed by atoms with Crippen molar-refractivity contribution in [1.82, 2.24) is 0 Å². The first kappa shape index (κ1) is 13.0. The normalized spacial score (nSPS) is 12.4. The average Bonchev–Trinajstić information content (AvgIpc) is 2.29. The van der Waals surface area contributed by atoms with E-state index < -0.39 is 0 Å². The molecule has 0 aliphatic carbocycles. The number of unbranched alkanes of at least 4 members (excludes halogenated alkanes) is 1. The molecule has 0 amide bonds. The number of hydrogen-bond acceptors (Lipinski definition) is 2. The van der Waals surface area contributed by atoms with Crippen molar-refractivity contribution in [3.8, 4) is 5.75 Å². The molecule has 1 unspecified atom stereocenters. The SMILES string of the molecule is CCc1ccccc1OCCCCC(C)N. The predicted molar refractivity (Wildman–Crippen MR) is 68.8 cm³/mol. The second kappa shape index (κ2) is 7.29. The van der Waals surface area contributed by atoms with Gasteiger partial charge in [-0.3, -0.25) is 0 Å². The van der Waals surface area contributed by atoms with E-state index in [9.17, 15) is 0 Å². The molecule has 2 N–H and O–H groups in total. The topological polar surface area (TPSA) is 35.2 Å². The molecule has 0 saturated carbocycles. The highest BCUT2D eigenvalue weighted by Crippen LogP contribution is 2.18. The van der Waals surface area contributed by atoms with Crippen molar-refractivity contribution in [2.45, 2.75) is 45.6 Å². The summed E-state index contributed by atoms with van der Waals surface area (Å²) in [5.74, 6) is 1.03. The maximum atomic E-state index is 5.77. The van der Waals surface area contributed by atoms with Gasteiger partial charge in [-0.2, -0.15) is 0 Å². The van der Waals surface area contributed by atoms with E-state index in [1.165, 1.54) is 5.56 Å². The van der Waals surface area contributed by atoms with Gasteiger partial charge in [0.25, 0.3) is 0 Å². The fourth-order valence-electron chi connectivity index (χ4n) is 1.69. The number of ether oxygens (including phenoxy) is 1. The Labute approximate surface area is 98.8 Å². The molecule has 1 atom stereocenters. The fraction of sp³-hybridized carbons (Fsp3) is 0.571. The van der Waals surface area contributed by atoms with Gasteiger partial charge in [-0.1, -0.05) is 25.1 Å². The van der Waals surface area contributed by atoms with E-state index in [0.29, 0.717) is 6.04 Å². The van der Waals surface area contributed by atoms with Crippen LogP contribution in [0, 0.1) is 0 Å². The van der Waals surface area contributed by atoms with E-state index >= 15 is 0 Å². The van der Waals surface area contributed by atoms with Crippen molar-refractivity contribution in [1.29, 1.82) is 0 Å². The van der Waals surface area contributed by atoms with Crippen LogP contribution in [-0.2, 0) is 6.42 Å². The van der Waals surface area contributed by atoms with Gasteiger partial charge in [-0.05, 0) is 44.2 Å². The summed E-state index contributed by atoms with van der Waals surface area (Å²) in [5.41, 5.74) is 6.98. The summed E-state index contributed by atoms with van der Waals surface area (Å²) in [6, 6.07) is 8.56. The van der Waals surface area contributed by atoms with Gasteiger partial charge >= 0.3 is 0 Å². The molecule has 0 aromatic heterocycles. The molecule has 1 aromatic rings. The van der Waals surface area contributed by atoms with Gasteiger partial charge in [-0.25, -0.2) is 0 Å². The molecule has 1 rings (SSSR count). The lowest BCUT2D eigenvalue weighted by atomic mass is 10.1. The molecule has 1 aromatic carbocycles. The zero-order valence-corrected chi connectivity index (χ0v) is 10.4. The lowest BCUT2D eigenvalue weighted by Crippen LogP contribution is -2.14. The van der Waals surface area contributed by atoms with E-state index in [1.807, 2.05) is 19.1 Å². The standard InChI is InChI=1S/C14H23NO/c1-3-13-9-4-5-10-14(13)16-11-7-6-8-12(2)15/h4-5,9-10,12H,3,6-8,11,15H2,1-2H3.